The van der Waals surface area contributed by atoms with Gasteiger partial charge in [-0.25, -0.2) is 4.98 Å². The van der Waals surface area contributed by atoms with Crippen LogP contribution < -0.4 is 10.6 Å². The average Bonchev–Trinajstić information content (AvgIpc) is 3.16. The molecule has 18 heavy (non-hydrogen) atoms. The van der Waals surface area contributed by atoms with E-state index in [1.807, 2.05) is 11.8 Å². The summed E-state index contributed by atoms with van der Waals surface area (Å²) in [6.45, 7) is 0.707. The highest BCUT2D eigenvalue weighted by molar-refractivity contribution is 8.00. The van der Waals surface area contributed by atoms with Gasteiger partial charge in [-0.1, -0.05) is 11.6 Å². The van der Waals surface area contributed by atoms with Crippen LogP contribution in [-0.2, 0) is 0 Å². The normalized spacial score (nSPS) is 16.2. The number of pyridine rings is 1. The molecule has 0 atom stereocenters. The first-order chi connectivity index (χ1) is 8.60. The third-order valence-corrected chi connectivity index (χ3v) is 4.86. The lowest BCUT2D eigenvalue weighted by Crippen LogP contribution is -2.31. The summed E-state index contributed by atoms with van der Waals surface area (Å²) >= 11 is 7.81. The molecule has 4 nitrogen and oxygen atoms in total. The van der Waals surface area contributed by atoms with Crippen LogP contribution in [0.3, 0.4) is 0 Å². The fourth-order valence-corrected chi connectivity index (χ4v) is 2.67. The Balaban J connectivity index is 1.98. The van der Waals surface area contributed by atoms with Crippen molar-refractivity contribution in [3.05, 3.63) is 22.8 Å². The van der Waals surface area contributed by atoms with E-state index >= 15 is 0 Å². The van der Waals surface area contributed by atoms with E-state index in [0.29, 0.717) is 22.9 Å². The molecule has 0 saturated heterocycles. The van der Waals surface area contributed by atoms with Gasteiger partial charge in [-0.05, 0) is 25.2 Å². The summed E-state index contributed by atoms with van der Waals surface area (Å²) in [7, 11) is 1.74. The van der Waals surface area contributed by atoms with Crippen molar-refractivity contribution in [2.45, 2.75) is 17.6 Å². The molecule has 1 aromatic rings. The lowest BCUT2D eigenvalue weighted by Gasteiger charge is -2.13. The highest BCUT2D eigenvalue weighted by atomic mass is 35.5. The minimum Gasteiger partial charge on any atom is -0.372 e. The standard InChI is InChI=1S/C12H16ClN3OS/c1-14-10-9(13)5-8(6-15-10)11(17)16-7-12(18-2)3-4-12/h5-6H,3-4,7H2,1-2H3,(H,14,15)(H,16,17). The van der Waals surface area contributed by atoms with Gasteiger partial charge in [0.05, 0.1) is 10.6 Å². The van der Waals surface area contributed by atoms with Gasteiger partial charge in [0.2, 0.25) is 0 Å². The Hall–Kier alpha value is -0.940. The molecule has 0 aromatic carbocycles. The summed E-state index contributed by atoms with van der Waals surface area (Å²) in [5.74, 6) is 0.461. The number of nitrogens with zero attached hydrogens (tertiary/aromatic N) is 1. The molecule has 98 valence electrons. The summed E-state index contributed by atoms with van der Waals surface area (Å²) < 4.78 is 0.262. The summed E-state index contributed by atoms with van der Waals surface area (Å²) in [5, 5.41) is 6.25. The number of hydrogen-bond donors (Lipinski definition) is 2. The van der Waals surface area contributed by atoms with E-state index in [-0.39, 0.29) is 10.7 Å². The summed E-state index contributed by atoms with van der Waals surface area (Å²) in [6, 6.07) is 1.63. The quantitative estimate of drug-likeness (QED) is 0.872. The number of amides is 1. The minimum absolute atomic E-state index is 0.118. The van der Waals surface area contributed by atoms with Crippen molar-refractivity contribution in [1.29, 1.82) is 0 Å². The predicted molar refractivity (Wildman–Crippen MR) is 76.6 cm³/mol. The first kappa shape index (κ1) is 13.5. The zero-order valence-electron chi connectivity index (χ0n) is 10.4. The summed E-state index contributed by atoms with van der Waals surface area (Å²) in [5.41, 5.74) is 0.496. The van der Waals surface area contributed by atoms with Gasteiger partial charge in [0.25, 0.3) is 5.91 Å². The van der Waals surface area contributed by atoms with Gasteiger partial charge in [0.1, 0.15) is 5.82 Å². The lowest BCUT2D eigenvalue weighted by molar-refractivity contribution is 0.0952. The Morgan fingerprint density at radius 2 is 2.33 bits per heavy atom. The molecule has 0 radical (unpaired) electrons. The number of carbonyl (C=O) groups is 1. The van der Waals surface area contributed by atoms with Gasteiger partial charge >= 0.3 is 0 Å². The fraction of sp³-hybridized carbons (Fsp3) is 0.500. The molecule has 2 N–H and O–H groups in total. The highest BCUT2D eigenvalue weighted by Gasteiger charge is 2.41. The Bertz CT molecular complexity index is 463. The number of hydrogen-bond acceptors (Lipinski definition) is 4. The SMILES string of the molecule is CNc1ncc(C(=O)NCC2(SC)CC2)cc1Cl. The number of anilines is 1. The molecular formula is C12H16ClN3OS. The maximum absolute atomic E-state index is 11.9. The van der Waals surface area contributed by atoms with Crippen LogP contribution in [0.1, 0.15) is 23.2 Å². The molecule has 1 aliphatic carbocycles. The average molecular weight is 286 g/mol. The fourth-order valence-electron chi connectivity index (χ4n) is 1.68. The Labute approximate surface area is 116 Å². The van der Waals surface area contributed by atoms with Gasteiger partial charge in [0.15, 0.2) is 0 Å². The van der Waals surface area contributed by atoms with E-state index in [9.17, 15) is 4.79 Å². The second kappa shape index (κ2) is 5.36. The topological polar surface area (TPSA) is 54.0 Å². The minimum atomic E-state index is -0.118. The van der Waals surface area contributed by atoms with Crippen LogP contribution in [0, 0.1) is 0 Å². The van der Waals surface area contributed by atoms with E-state index in [2.05, 4.69) is 21.9 Å². The van der Waals surface area contributed by atoms with Crippen LogP contribution in [0.5, 0.6) is 0 Å². The second-order valence-corrected chi connectivity index (χ2v) is 6.06. The van der Waals surface area contributed by atoms with Gasteiger partial charge in [-0.3, -0.25) is 4.79 Å². The zero-order chi connectivity index (χ0) is 13.2. The van der Waals surface area contributed by atoms with Crippen molar-refractivity contribution in [3.8, 4) is 0 Å². The van der Waals surface area contributed by atoms with Crippen LogP contribution >= 0.6 is 23.4 Å². The smallest absolute Gasteiger partial charge is 0.252 e. The van der Waals surface area contributed by atoms with Crippen molar-refractivity contribution in [3.63, 3.8) is 0 Å². The molecule has 6 heteroatoms. The van der Waals surface area contributed by atoms with E-state index in [4.69, 9.17) is 11.6 Å². The van der Waals surface area contributed by atoms with Crippen LogP contribution in [0.2, 0.25) is 5.02 Å². The molecule has 1 aromatic heterocycles. The van der Waals surface area contributed by atoms with Crippen LogP contribution in [0.4, 0.5) is 5.82 Å². The Morgan fingerprint density at radius 3 is 2.83 bits per heavy atom. The van der Waals surface area contributed by atoms with Crippen molar-refractivity contribution < 1.29 is 4.79 Å². The largest absolute Gasteiger partial charge is 0.372 e. The maximum Gasteiger partial charge on any atom is 0.252 e. The maximum atomic E-state index is 11.9. The molecule has 0 spiro atoms. The molecule has 0 unspecified atom stereocenters. The number of halogens is 1. The Morgan fingerprint density at radius 1 is 1.61 bits per heavy atom. The van der Waals surface area contributed by atoms with Crippen molar-refractivity contribution >= 4 is 35.1 Å². The third kappa shape index (κ3) is 2.90. The summed E-state index contributed by atoms with van der Waals surface area (Å²) in [6.07, 6.45) is 5.96. The molecule has 1 heterocycles. The molecule has 0 aliphatic heterocycles. The summed E-state index contributed by atoms with van der Waals surface area (Å²) in [4.78, 5) is 16.0. The number of aromatic nitrogens is 1. The van der Waals surface area contributed by atoms with E-state index in [0.717, 1.165) is 0 Å². The number of rotatable bonds is 5. The molecule has 1 amide bonds. The molecule has 2 rings (SSSR count). The number of thioether (sulfide) groups is 1. The molecule has 0 bridgehead atoms. The first-order valence-electron chi connectivity index (χ1n) is 5.77. The Kier molecular flexibility index (Phi) is 4.02. The predicted octanol–water partition coefficient (Wildman–Crippen LogP) is 2.40. The van der Waals surface area contributed by atoms with E-state index in [1.165, 1.54) is 19.0 Å². The van der Waals surface area contributed by atoms with E-state index < -0.39 is 0 Å². The van der Waals surface area contributed by atoms with E-state index in [1.54, 1.807) is 13.1 Å². The highest BCUT2D eigenvalue weighted by Crippen LogP contribution is 2.46. The number of nitrogens with one attached hydrogen (secondary N) is 2. The second-order valence-electron chi connectivity index (χ2n) is 4.37. The third-order valence-electron chi connectivity index (χ3n) is 3.15. The van der Waals surface area contributed by atoms with Gasteiger partial charge < -0.3 is 10.6 Å². The van der Waals surface area contributed by atoms with Crippen molar-refractivity contribution in [2.24, 2.45) is 0 Å². The van der Waals surface area contributed by atoms with Crippen molar-refractivity contribution in [2.75, 3.05) is 25.2 Å². The first-order valence-corrected chi connectivity index (χ1v) is 7.37. The van der Waals surface area contributed by atoms with Gasteiger partial charge in [0, 0.05) is 24.5 Å². The monoisotopic (exact) mass is 285 g/mol. The van der Waals surface area contributed by atoms with Crippen LogP contribution in [0.15, 0.2) is 12.3 Å². The van der Waals surface area contributed by atoms with Crippen LogP contribution in [0.25, 0.3) is 0 Å². The molecule has 1 aliphatic rings. The lowest BCUT2D eigenvalue weighted by atomic mass is 10.2. The van der Waals surface area contributed by atoms with Gasteiger partial charge in [-0.2, -0.15) is 11.8 Å². The molecule has 1 fully saturated rings. The zero-order valence-corrected chi connectivity index (χ0v) is 12.0. The molecule has 1 saturated carbocycles. The number of carbonyl (C=O) groups excluding carboxylic acids is 1. The van der Waals surface area contributed by atoms with Crippen molar-refractivity contribution in [1.82, 2.24) is 10.3 Å². The van der Waals surface area contributed by atoms with Crippen LogP contribution in [-0.4, -0.2) is 35.5 Å². The molecular weight excluding hydrogens is 270 g/mol. The van der Waals surface area contributed by atoms with Gasteiger partial charge in [-0.15, -0.1) is 0 Å².